The summed E-state index contributed by atoms with van der Waals surface area (Å²) in [5.41, 5.74) is 3.29. The molecule has 0 spiro atoms. The van der Waals surface area contributed by atoms with Crippen LogP contribution in [-0.2, 0) is 31.6 Å². The van der Waals surface area contributed by atoms with Gasteiger partial charge in [-0.2, -0.15) is 0 Å². The van der Waals surface area contributed by atoms with E-state index in [1.54, 1.807) is 12.1 Å². The minimum absolute atomic E-state index is 0.0867. The number of aryl methyl sites for hydroxylation is 1. The van der Waals surface area contributed by atoms with Gasteiger partial charge in [-0.25, -0.2) is 8.42 Å². The molecule has 2 aromatic carbocycles. The molecule has 0 aromatic heterocycles. The van der Waals surface area contributed by atoms with Crippen LogP contribution in [0.3, 0.4) is 0 Å². The van der Waals surface area contributed by atoms with Gasteiger partial charge in [0, 0.05) is 12.6 Å². The number of anilines is 1. The van der Waals surface area contributed by atoms with Gasteiger partial charge in [0.1, 0.15) is 12.6 Å². The third kappa shape index (κ3) is 8.08. The molecule has 0 radical (unpaired) electrons. The first kappa shape index (κ1) is 29.4. The summed E-state index contributed by atoms with van der Waals surface area (Å²) in [6, 6.07) is 14.1. The maximum Gasteiger partial charge on any atom is 0.244 e. The van der Waals surface area contributed by atoms with E-state index in [0.29, 0.717) is 12.1 Å². The van der Waals surface area contributed by atoms with Crippen LogP contribution in [0.5, 0.6) is 0 Å². The van der Waals surface area contributed by atoms with Gasteiger partial charge in [0.2, 0.25) is 21.8 Å². The molecule has 1 N–H and O–H groups in total. The van der Waals surface area contributed by atoms with Crippen LogP contribution in [0.2, 0.25) is 0 Å². The van der Waals surface area contributed by atoms with Crippen LogP contribution in [0.25, 0.3) is 0 Å². The van der Waals surface area contributed by atoms with Crippen molar-refractivity contribution in [2.24, 2.45) is 0 Å². The molecule has 2 amide bonds. The van der Waals surface area contributed by atoms with Crippen molar-refractivity contribution in [1.82, 2.24) is 10.2 Å². The van der Waals surface area contributed by atoms with Gasteiger partial charge in [-0.1, -0.05) is 69.7 Å². The normalized spacial score (nSPS) is 12.8. The molecule has 8 heteroatoms. The molecular weight excluding hydrogens is 474 g/mol. The maximum absolute atomic E-state index is 13.7. The van der Waals surface area contributed by atoms with Gasteiger partial charge in [-0.15, -0.1) is 0 Å². The second kappa shape index (κ2) is 11.9. The van der Waals surface area contributed by atoms with Crippen LogP contribution < -0.4 is 9.62 Å². The highest BCUT2D eigenvalue weighted by molar-refractivity contribution is 7.92. The predicted molar refractivity (Wildman–Crippen MR) is 146 cm³/mol. The topological polar surface area (TPSA) is 86.8 Å². The number of sulfonamides is 1. The molecule has 198 valence electrons. The summed E-state index contributed by atoms with van der Waals surface area (Å²) in [4.78, 5) is 28.2. The Morgan fingerprint density at radius 2 is 1.64 bits per heavy atom. The lowest BCUT2D eigenvalue weighted by Gasteiger charge is -2.33. The van der Waals surface area contributed by atoms with Gasteiger partial charge in [-0.05, 0) is 55.9 Å². The first-order valence-corrected chi connectivity index (χ1v) is 14.2. The van der Waals surface area contributed by atoms with Crippen LogP contribution in [-0.4, -0.2) is 50.0 Å². The first-order valence-electron chi connectivity index (χ1n) is 12.4. The summed E-state index contributed by atoms with van der Waals surface area (Å²) in [7, 11) is -3.76. The number of amides is 2. The molecule has 0 fully saturated rings. The van der Waals surface area contributed by atoms with Crippen LogP contribution >= 0.6 is 0 Å². The molecule has 0 bridgehead atoms. The summed E-state index contributed by atoms with van der Waals surface area (Å²) in [5, 5.41) is 2.90. The zero-order valence-electron chi connectivity index (χ0n) is 22.8. The van der Waals surface area contributed by atoms with Crippen LogP contribution in [0.1, 0.15) is 64.7 Å². The molecule has 7 nitrogen and oxygen atoms in total. The minimum atomic E-state index is -3.76. The average molecular weight is 516 g/mol. The van der Waals surface area contributed by atoms with Gasteiger partial charge in [0.25, 0.3) is 0 Å². The zero-order valence-corrected chi connectivity index (χ0v) is 23.6. The molecule has 1 atom stereocenters. The van der Waals surface area contributed by atoms with E-state index in [-0.39, 0.29) is 23.9 Å². The van der Waals surface area contributed by atoms with Crippen LogP contribution in [0.4, 0.5) is 5.69 Å². The first-order chi connectivity index (χ1) is 16.6. The monoisotopic (exact) mass is 515 g/mol. The summed E-state index contributed by atoms with van der Waals surface area (Å²) < 4.78 is 26.6. The molecule has 2 aromatic rings. The number of rotatable bonds is 10. The molecule has 0 saturated heterocycles. The van der Waals surface area contributed by atoms with E-state index in [1.165, 1.54) is 4.90 Å². The number of hydrogen-bond acceptors (Lipinski definition) is 4. The highest BCUT2D eigenvalue weighted by Crippen LogP contribution is 2.26. The van der Waals surface area contributed by atoms with Crippen molar-refractivity contribution in [1.29, 1.82) is 0 Å². The van der Waals surface area contributed by atoms with E-state index in [9.17, 15) is 18.0 Å². The molecule has 0 saturated carbocycles. The fourth-order valence-corrected chi connectivity index (χ4v) is 4.90. The average Bonchev–Trinajstić information content (AvgIpc) is 2.75. The molecule has 2 rings (SSSR count). The van der Waals surface area contributed by atoms with Crippen molar-refractivity contribution in [2.45, 2.75) is 78.9 Å². The van der Waals surface area contributed by atoms with Gasteiger partial charge in [0.15, 0.2) is 0 Å². The molecule has 0 unspecified atom stereocenters. The number of carbonyl (C=O) groups excluding carboxylic acids is 2. The summed E-state index contributed by atoms with van der Waals surface area (Å²) in [6.07, 6.45) is 1.49. The highest BCUT2D eigenvalue weighted by Gasteiger charge is 2.32. The Bertz CT molecular complexity index is 1150. The van der Waals surface area contributed by atoms with E-state index < -0.39 is 28.5 Å². The molecule has 0 aliphatic rings. The number of nitrogens with zero attached hydrogens (tertiary/aromatic N) is 2. The van der Waals surface area contributed by atoms with Crippen LogP contribution in [0.15, 0.2) is 48.5 Å². The second-order valence-electron chi connectivity index (χ2n) is 10.7. The van der Waals surface area contributed by atoms with Gasteiger partial charge < -0.3 is 10.2 Å². The smallest absolute Gasteiger partial charge is 0.244 e. The van der Waals surface area contributed by atoms with E-state index in [2.05, 4.69) is 26.1 Å². The van der Waals surface area contributed by atoms with E-state index in [0.717, 1.165) is 27.3 Å². The molecule has 36 heavy (non-hydrogen) atoms. The Balaban J connectivity index is 2.45. The van der Waals surface area contributed by atoms with Gasteiger partial charge in [0.05, 0.1) is 11.9 Å². The standard InChI is InChI=1S/C28H41N3O4S/c1-9-25(27(33)29-20(2)3)30(18-22-12-10-11-21(4)17-22)26(32)19-31(36(8,34)35)24-15-13-23(14-16-24)28(5,6)7/h10-17,20,25H,9,18-19H2,1-8H3,(H,29,33)/t25-/m0/s1. The van der Waals surface area contributed by atoms with Crippen molar-refractivity contribution in [3.63, 3.8) is 0 Å². The lowest BCUT2D eigenvalue weighted by atomic mass is 9.87. The van der Waals surface area contributed by atoms with Gasteiger partial charge >= 0.3 is 0 Å². The Morgan fingerprint density at radius 3 is 2.11 bits per heavy atom. The summed E-state index contributed by atoms with van der Waals surface area (Å²) >= 11 is 0. The fraction of sp³-hybridized carbons (Fsp3) is 0.500. The maximum atomic E-state index is 13.7. The predicted octanol–water partition coefficient (Wildman–Crippen LogP) is 4.39. The highest BCUT2D eigenvalue weighted by atomic mass is 32.2. The van der Waals surface area contributed by atoms with E-state index >= 15 is 0 Å². The minimum Gasteiger partial charge on any atom is -0.352 e. The van der Waals surface area contributed by atoms with Crippen LogP contribution in [0, 0.1) is 6.92 Å². The van der Waals surface area contributed by atoms with Crippen molar-refractivity contribution in [3.8, 4) is 0 Å². The van der Waals surface area contributed by atoms with Crippen molar-refractivity contribution in [2.75, 3.05) is 17.1 Å². The SMILES string of the molecule is CC[C@@H](C(=O)NC(C)C)N(Cc1cccc(C)c1)C(=O)CN(c1ccc(C(C)(C)C)cc1)S(C)(=O)=O. The number of carbonyl (C=O) groups is 2. The van der Waals surface area contributed by atoms with Crippen molar-refractivity contribution < 1.29 is 18.0 Å². The molecule has 0 aliphatic heterocycles. The second-order valence-corrected chi connectivity index (χ2v) is 12.6. The Labute approximate surface area is 216 Å². The molecule has 0 heterocycles. The molecular formula is C28H41N3O4S. The Hall–Kier alpha value is -2.87. The lowest BCUT2D eigenvalue weighted by Crippen LogP contribution is -2.53. The Kier molecular flexibility index (Phi) is 9.71. The third-order valence-electron chi connectivity index (χ3n) is 5.95. The van der Waals surface area contributed by atoms with E-state index in [4.69, 9.17) is 0 Å². The lowest BCUT2D eigenvalue weighted by molar-refractivity contribution is -0.140. The third-order valence-corrected chi connectivity index (χ3v) is 7.09. The zero-order chi connectivity index (χ0) is 27.3. The fourth-order valence-electron chi connectivity index (χ4n) is 4.05. The summed E-state index contributed by atoms with van der Waals surface area (Å²) in [6.45, 7) is 13.6. The largest absolute Gasteiger partial charge is 0.352 e. The van der Waals surface area contributed by atoms with Gasteiger partial charge in [-0.3, -0.25) is 13.9 Å². The van der Waals surface area contributed by atoms with Crippen molar-refractivity contribution >= 4 is 27.5 Å². The Morgan fingerprint density at radius 1 is 1.03 bits per heavy atom. The molecule has 0 aliphatic carbocycles. The quantitative estimate of drug-likeness (QED) is 0.508. The van der Waals surface area contributed by atoms with E-state index in [1.807, 2.05) is 64.1 Å². The summed E-state index contributed by atoms with van der Waals surface area (Å²) in [5.74, 6) is -0.693. The number of benzene rings is 2. The number of hydrogen-bond donors (Lipinski definition) is 1. The number of nitrogens with one attached hydrogen (secondary N) is 1. The van der Waals surface area contributed by atoms with Crippen molar-refractivity contribution in [3.05, 3.63) is 65.2 Å².